The summed E-state index contributed by atoms with van der Waals surface area (Å²) in [4.78, 5) is 0. The molecule has 0 radical (unpaired) electrons. The van der Waals surface area contributed by atoms with Crippen LogP contribution in [0.15, 0.2) is 6.20 Å². The van der Waals surface area contributed by atoms with Crippen LogP contribution in [0.3, 0.4) is 0 Å². The average molecular weight is 166 g/mol. The molecule has 0 fully saturated rings. The second kappa shape index (κ2) is 2.90. The molecular weight excluding hydrogens is 152 g/mol. The number of aryl methyl sites for hydroxylation is 2. The Morgan fingerprint density at radius 1 is 1.75 bits per heavy atom. The molecule has 1 heterocycles. The van der Waals surface area contributed by atoms with Crippen LogP contribution in [0.2, 0.25) is 0 Å². The summed E-state index contributed by atoms with van der Waals surface area (Å²) < 4.78 is 1.95. The molecule has 2 rings (SSSR count). The van der Waals surface area contributed by atoms with Gasteiger partial charge in [0.2, 0.25) is 0 Å². The summed E-state index contributed by atoms with van der Waals surface area (Å²) in [6, 6.07) is 0. The maximum atomic E-state index is 9.39. The van der Waals surface area contributed by atoms with Crippen molar-refractivity contribution < 1.29 is 5.11 Å². The maximum Gasteiger partial charge on any atom is 0.0682 e. The highest BCUT2D eigenvalue weighted by Gasteiger charge is 2.19. The third-order valence-electron chi connectivity index (χ3n) is 2.42. The van der Waals surface area contributed by atoms with E-state index in [4.69, 9.17) is 0 Å². The minimum atomic E-state index is -0.169. The molecule has 1 N–H and O–H groups in total. The Morgan fingerprint density at radius 2 is 2.58 bits per heavy atom. The summed E-state index contributed by atoms with van der Waals surface area (Å²) in [6.07, 6.45) is 4.54. The van der Waals surface area contributed by atoms with Crippen LogP contribution in [0.4, 0.5) is 0 Å². The molecule has 3 heteroatoms. The lowest BCUT2D eigenvalue weighted by Gasteiger charge is -2.14. The third kappa shape index (κ3) is 1.25. The van der Waals surface area contributed by atoms with Crippen LogP contribution >= 0.6 is 0 Å². The number of hydrogen-bond acceptors (Lipinski definition) is 2. The molecule has 12 heavy (non-hydrogen) atoms. The van der Waals surface area contributed by atoms with Crippen molar-refractivity contribution in [3.63, 3.8) is 0 Å². The lowest BCUT2D eigenvalue weighted by molar-refractivity contribution is 0.157. The van der Waals surface area contributed by atoms with E-state index in [9.17, 15) is 5.11 Å². The van der Waals surface area contributed by atoms with E-state index < -0.39 is 0 Å². The molecule has 1 aromatic rings. The van der Waals surface area contributed by atoms with E-state index in [0.29, 0.717) is 0 Å². The fourth-order valence-electron chi connectivity index (χ4n) is 1.69. The Balaban J connectivity index is 2.28. The summed E-state index contributed by atoms with van der Waals surface area (Å²) in [6.45, 7) is 3.00. The van der Waals surface area contributed by atoms with Crippen LogP contribution in [-0.4, -0.2) is 21.0 Å². The van der Waals surface area contributed by atoms with Crippen molar-refractivity contribution >= 4 is 0 Å². The predicted octanol–water partition coefficient (Wildman–Crippen LogP) is 0.753. The van der Waals surface area contributed by atoms with Crippen molar-refractivity contribution in [3.8, 4) is 0 Å². The monoisotopic (exact) mass is 166 g/mol. The first-order valence-corrected chi connectivity index (χ1v) is 4.53. The molecule has 0 spiro atoms. The van der Waals surface area contributed by atoms with Gasteiger partial charge in [0.15, 0.2) is 0 Å². The van der Waals surface area contributed by atoms with Crippen LogP contribution in [0.5, 0.6) is 0 Å². The highest BCUT2D eigenvalue weighted by atomic mass is 16.3. The zero-order valence-electron chi connectivity index (χ0n) is 7.32. The van der Waals surface area contributed by atoms with Crippen molar-refractivity contribution in [2.24, 2.45) is 0 Å². The van der Waals surface area contributed by atoms with Crippen LogP contribution in [0.25, 0.3) is 0 Å². The fourth-order valence-corrected chi connectivity index (χ4v) is 1.69. The van der Waals surface area contributed by atoms with Gasteiger partial charge in [-0.1, -0.05) is 0 Å². The second-order valence-electron chi connectivity index (χ2n) is 3.35. The number of nitrogens with zero attached hydrogens (tertiary/aromatic N) is 2. The number of rotatable bonds is 1. The molecule has 3 nitrogen and oxygen atoms in total. The first-order chi connectivity index (χ1) is 5.79. The van der Waals surface area contributed by atoms with E-state index >= 15 is 0 Å². The SMILES string of the molecule is CCn1cc2c(n1)CC(O)CC2. The Bertz CT molecular complexity index is 280. The van der Waals surface area contributed by atoms with E-state index in [-0.39, 0.29) is 6.10 Å². The zero-order valence-corrected chi connectivity index (χ0v) is 7.32. The van der Waals surface area contributed by atoms with Crippen molar-refractivity contribution in [1.29, 1.82) is 0 Å². The number of aliphatic hydroxyl groups excluding tert-OH is 1. The Hall–Kier alpha value is -0.830. The standard InChI is InChI=1S/C9H14N2O/c1-2-11-6-7-3-4-8(12)5-9(7)10-11/h6,8,12H,2-5H2,1H3. The summed E-state index contributed by atoms with van der Waals surface area (Å²) in [5.41, 5.74) is 2.41. The van der Waals surface area contributed by atoms with Crippen molar-refractivity contribution in [3.05, 3.63) is 17.5 Å². The number of fused-ring (bicyclic) bond motifs is 1. The summed E-state index contributed by atoms with van der Waals surface area (Å²) in [5, 5.41) is 13.8. The molecule has 0 amide bonds. The number of hydrogen-bond donors (Lipinski definition) is 1. The molecule has 0 saturated carbocycles. The first kappa shape index (κ1) is 7.80. The Kier molecular flexibility index (Phi) is 1.89. The third-order valence-corrected chi connectivity index (χ3v) is 2.42. The van der Waals surface area contributed by atoms with E-state index in [1.807, 2.05) is 4.68 Å². The highest BCUT2D eigenvalue weighted by molar-refractivity contribution is 5.20. The van der Waals surface area contributed by atoms with Crippen LogP contribution in [-0.2, 0) is 19.4 Å². The van der Waals surface area contributed by atoms with Gasteiger partial charge in [-0.15, -0.1) is 0 Å². The van der Waals surface area contributed by atoms with E-state index in [1.54, 1.807) is 0 Å². The van der Waals surface area contributed by atoms with Crippen molar-refractivity contribution in [1.82, 2.24) is 9.78 Å². The Morgan fingerprint density at radius 3 is 3.33 bits per heavy atom. The highest BCUT2D eigenvalue weighted by Crippen LogP contribution is 2.19. The van der Waals surface area contributed by atoms with Gasteiger partial charge in [-0.25, -0.2) is 0 Å². The quantitative estimate of drug-likeness (QED) is 0.668. The van der Waals surface area contributed by atoms with Crippen LogP contribution < -0.4 is 0 Å². The largest absolute Gasteiger partial charge is 0.393 e. The van der Waals surface area contributed by atoms with Crippen molar-refractivity contribution in [2.45, 2.75) is 38.8 Å². The molecule has 1 aromatic heterocycles. The van der Waals surface area contributed by atoms with E-state index in [1.165, 1.54) is 5.56 Å². The van der Waals surface area contributed by atoms with Gasteiger partial charge >= 0.3 is 0 Å². The molecular formula is C9H14N2O. The molecule has 1 aliphatic carbocycles. The van der Waals surface area contributed by atoms with Crippen LogP contribution in [0.1, 0.15) is 24.6 Å². The fraction of sp³-hybridized carbons (Fsp3) is 0.667. The predicted molar refractivity (Wildman–Crippen MR) is 45.9 cm³/mol. The normalized spacial score (nSPS) is 22.3. The van der Waals surface area contributed by atoms with Crippen molar-refractivity contribution in [2.75, 3.05) is 0 Å². The summed E-state index contributed by atoms with van der Waals surface area (Å²) in [7, 11) is 0. The van der Waals surface area contributed by atoms with Gasteiger partial charge in [-0.2, -0.15) is 5.10 Å². The van der Waals surface area contributed by atoms with Gasteiger partial charge in [-0.3, -0.25) is 4.68 Å². The van der Waals surface area contributed by atoms with Gasteiger partial charge in [-0.05, 0) is 25.3 Å². The number of aliphatic hydroxyl groups is 1. The minimum Gasteiger partial charge on any atom is -0.393 e. The Labute approximate surface area is 72.0 Å². The molecule has 0 saturated heterocycles. The van der Waals surface area contributed by atoms with Crippen LogP contribution in [0, 0.1) is 0 Å². The van der Waals surface area contributed by atoms with E-state index in [0.717, 1.165) is 31.5 Å². The molecule has 0 aliphatic heterocycles. The number of aromatic nitrogens is 2. The lowest BCUT2D eigenvalue weighted by atomic mass is 9.96. The average Bonchev–Trinajstić information content (AvgIpc) is 2.46. The van der Waals surface area contributed by atoms with Gasteiger partial charge in [0.1, 0.15) is 0 Å². The molecule has 1 atom stereocenters. The van der Waals surface area contributed by atoms with Gasteiger partial charge in [0, 0.05) is 19.2 Å². The molecule has 0 aromatic carbocycles. The first-order valence-electron chi connectivity index (χ1n) is 4.53. The summed E-state index contributed by atoms with van der Waals surface area (Å²) in [5.74, 6) is 0. The maximum absolute atomic E-state index is 9.39. The smallest absolute Gasteiger partial charge is 0.0682 e. The minimum absolute atomic E-state index is 0.169. The molecule has 1 unspecified atom stereocenters. The molecule has 0 bridgehead atoms. The molecule has 66 valence electrons. The second-order valence-corrected chi connectivity index (χ2v) is 3.35. The van der Waals surface area contributed by atoms with Gasteiger partial charge < -0.3 is 5.11 Å². The lowest BCUT2D eigenvalue weighted by Crippen LogP contribution is -2.17. The summed E-state index contributed by atoms with van der Waals surface area (Å²) >= 11 is 0. The molecule has 1 aliphatic rings. The zero-order chi connectivity index (χ0) is 8.55. The topological polar surface area (TPSA) is 38.0 Å². The van der Waals surface area contributed by atoms with Gasteiger partial charge in [0.05, 0.1) is 11.8 Å². The van der Waals surface area contributed by atoms with E-state index in [2.05, 4.69) is 18.2 Å². The van der Waals surface area contributed by atoms with Gasteiger partial charge in [0.25, 0.3) is 0 Å².